The molecule has 2 saturated heterocycles. The second kappa shape index (κ2) is 5.70. The molecule has 23 heavy (non-hydrogen) atoms. The van der Waals surface area contributed by atoms with E-state index < -0.39 is 0 Å². The number of amides is 1. The van der Waals surface area contributed by atoms with E-state index in [1.165, 1.54) is 0 Å². The van der Waals surface area contributed by atoms with Crippen molar-refractivity contribution in [2.45, 2.75) is 25.0 Å². The maximum absolute atomic E-state index is 11.4. The fourth-order valence-electron chi connectivity index (χ4n) is 3.38. The number of aromatic nitrogens is 1. The summed E-state index contributed by atoms with van der Waals surface area (Å²) in [4.78, 5) is 18.2. The molecule has 6 heteroatoms. The number of piperidine rings is 1. The third kappa shape index (κ3) is 2.94. The quantitative estimate of drug-likeness (QED) is 0.942. The zero-order valence-corrected chi connectivity index (χ0v) is 12.8. The molecule has 4 rings (SSSR count). The zero-order valence-electron chi connectivity index (χ0n) is 12.8. The van der Waals surface area contributed by atoms with Gasteiger partial charge < -0.3 is 14.5 Å². The molecule has 2 fully saturated rings. The average molecular weight is 313 g/mol. The van der Waals surface area contributed by atoms with Crippen LogP contribution in [0, 0.1) is 0 Å². The molecule has 1 atom stereocenters. The number of carbonyl (C=O) groups excluding carboxylic acids is 1. The Labute approximate surface area is 134 Å². The second-order valence-corrected chi connectivity index (χ2v) is 6.25. The molecule has 1 spiro atoms. The highest BCUT2D eigenvalue weighted by atomic mass is 16.6. The molecule has 2 aliphatic heterocycles. The van der Waals surface area contributed by atoms with Crippen LogP contribution in [-0.4, -0.2) is 41.2 Å². The Morgan fingerprint density at radius 1 is 1.30 bits per heavy atom. The first-order valence-electron chi connectivity index (χ1n) is 7.92. The predicted molar refractivity (Wildman–Crippen MR) is 83.7 cm³/mol. The number of carbonyl (C=O) groups is 1. The van der Waals surface area contributed by atoms with E-state index in [9.17, 15) is 4.79 Å². The van der Waals surface area contributed by atoms with Gasteiger partial charge in [0, 0.05) is 18.7 Å². The van der Waals surface area contributed by atoms with Crippen LogP contribution < -0.4 is 5.32 Å². The third-order valence-electron chi connectivity index (χ3n) is 4.44. The first kappa shape index (κ1) is 14.3. The van der Waals surface area contributed by atoms with Crippen molar-refractivity contribution in [3.8, 4) is 11.5 Å². The second-order valence-electron chi connectivity index (χ2n) is 6.25. The molecule has 3 heterocycles. The molecule has 1 amide bonds. The van der Waals surface area contributed by atoms with E-state index in [0.717, 1.165) is 37.2 Å². The van der Waals surface area contributed by atoms with Gasteiger partial charge in [0.15, 0.2) is 0 Å². The molecular formula is C17H19N3O3. The van der Waals surface area contributed by atoms with E-state index in [0.29, 0.717) is 19.0 Å². The summed E-state index contributed by atoms with van der Waals surface area (Å²) in [6.07, 6.45) is 3.33. The Bertz CT molecular complexity index is 700. The van der Waals surface area contributed by atoms with Gasteiger partial charge >= 0.3 is 6.09 Å². The number of hydrogen-bond donors (Lipinski definition) is 1. The number of alkyl carbamates (subject to hydrolysis) is 1. The molecule has 1 aromatic heterocycles. The molecule has 1 aromatic carbocycles. The minimum atomic E-state index is -0.374. The van der Waals surface area contributed by atoms with Crippen molar-refractivity contribution in [1.82, 2.24) is 15.2 Å². The Morgan fingerprint density at radius 3 is 2.96 bits per heavy atom. The Balaban J connectivity index is 1.44. The Morgan fingerprint density at radius 2 is 2.17 bits per heavy atom. The summed E-state index contributed by atoms with van der Waals surface area (Å²) >= 11 is 0. The Kier molecular flexibility index (Phi) is 3.53. The highest BCUT2D eigenvalue weighted by Gasteiger charge is 2.43. The number of likely N-dealkylation sites (tertiary alicyclic amines) is 1. The van der Waals surface area contributed by atoms with Crippen molar-refractivity contribution >= 4 is 6.09 Å². The smallest absolute Gasteiger partial charge is 0.407 e. The minimum absolute atomic E-state index is 0.306. The van der Waals surface area contributed by atoms with Crippen LogP contribution in [-0.2, 0) is 11.3 Å². The first-order chi connectivity index (χ1) is 11.2. The average Bonchev–Trinajstić information content (AvgIpc) is 3.16. The van der Waals surface area contributed by atoms with Gasteiger partial charge in [-0.25, -0.2) is 9.78 Å². The van der Waals surface area contributed by atoms with Crippen LogP contribution in [0.2, 0.25) is 0 Å². The van der Waals surface area contributed by atoms with E-state index in [1.807, 2.05) is 30.3 Å². The summed E-state index contributed by atoms with van der Waals surface area (Å²) in [7, 11) is 0. The van der Waals surface area contributed by atoms with Crippen LogP contribution in [0.1, 0.15) is 18.5 Å². The van der Waals surface area contributed by atoms with Gasteiger partial charge in [0.2, 0.25) is 5.89 Å². The summed E-state index contributed by atoms with van der Waals surface area (Å²) in [5.41, 5.74) is 1.50. The number of nitrogens with zero attached hydrogens (tertiary/aromatic N) is 2. The summed E-state index contributed by atoms with van der Waals surface area (Å²) < 4.78 is 11.1. The van der Waals surface area contributed by atoms with E-state index in [4.69, 9.17) is 9.15 Å². The lowest BCUT2D eigenvalue weighted by Crippen LogP contribution is -2.50. The lowest BCUT2D eigenvalue weighted by Gasteiger charge is -2.37. The van der Waals surface area contributed by atoms with E-state index in [-0.39, 0.29) is 11.7 Å². The highest BCUT2D eigenvalue weighted by Crippen LogP contribution is 2.29. The largest absolute Gasteiger partial charge is 0.444 e. The molecule has 0 radical (unpaired) electrons. The lowest BCUT2D eigenvalue weighted by atomic mass is 9.93. The normalized spacial score (nSPS) is 24.6. The molecular weight excluding hydrogens is 294 g/mol. The molecule has 6 nitrogen and oxygen atoms in total. The van der Waals surface area contributed by atoms with Gasteiger partial charge in [-0.1, -0.05) is 18.2 Å². The van der Waals surface area contributed by atoms with Crippen LogP contribution in [0.15, 0.2) is 41.0 Å². The summed E-state index contributed by atoms with van der Waals surface area (Å²) in [6.45, 7) is 3.01. The summed E-state index contributed by atoms with van der Waals surface area (Å²) in [5, 5.41) is 2.77. The SMILES string of the molecule is O=C1NC[C@@]2(CCCN(Cc3coc(-c4ccccc4)n3)C2)O1. The monoisotopic (exact) mass is 313 g/mol. The fraction of sp³-hybridized carbons (Fsp3) is 0.412. The van der Waals surface area contributed by atoms with Gasteiger partial charge in [-0.3, -0.25) is 4.90 Å². The van der Waals surface area contributed by atoms with Crippen LogP contribution in [0.3, 0.4) is 0 Å². The van der Waals surface area contributed by atoms with Crippen molar-refractivity contribution in [3.63, 3.8) is 0 Å². The van der Waals surface area contributed by atoms with Gasteiger partial charge in [0.1, 0.15) is 11.9 Å². The number of oxazole rings is 1. The van der Waals surface area contributed by atoms with E-state index in [1.54, 1.807) is 6.26 Å². The van der Waals surface area contributed by atoms with E-state index >= 15 is 0 Å². The van der Waals surface area contributed by atoms with Crippen molar-refractivity contribution in [1.29, 1.82) is 0 Å². The van der Waals surface area contributed by atoms with Crippen LogP contribution >= 0.6 is 0 Å². The molecule has 2 aliphatic rings. The lowest BCUT2D eigenvalue weighted by molar-refractivity contribution is -0.0114. The van der Waals surface area contributed by atoms with Gasteiger partial charge in [-0.2, -0.15) is 0 Å². The highest BCUT2D eigenvalue weighted by molar-refractivity contribution is 5.70. The molecule has 1 N–H and O–H groups in total. The number of rotatable bonds is 3. The van der Waals surface area contributed by atoms with Crippen LogP contribution in [0.5, 0.6) is 0 Å². The molecule has 2 aromatic rings. The topological polar surface area (TPSA) is 67.6 Å². The Hall–Kier alpha value is -2.34. The maximum atomic E-state index is 11.4. The minimum Gasteiger partial charge on any atom is -0.444 e. The number of ether oxygens (including phenoxy) is 1. The van der Waals surface area contributed by atoms with E-state index in [2.05, 4.69) is 15.2 Å². The molecule has 120 valence electrons. The first-order valence-corrected chi connectivity index (χ1v) is 7.92. The predicted octanol–water partition coefficient (Wildman–Crippen LogP) is 2.42. The van der Waals surface area contributed by atoms with Crippen molar-refractivity contribution in [2.75, 3.05) is 19.6 Å². The zero-order chi connectivity index (χ0) is 15.7. The van der Waals surface area contributed by atoms with Crippen molar-refractivity contribution < 1.29 is 13.9 Å². The number of benzene rings is 1. The maximum Gasteiger partial charge on any atom is 0.407 e. The fourth-order valence-corrected chi connectivity index (χ4v) is 3.38. The van der Waals surface area contributed by atoms with Crippen LogP contribution in [0.4, 0.5) is 4.79 Å². The van der Waals surface area contributed by atoms with Gasteiger partial charge in [0.05, 0.1) is 12.2 Å². The standard InChI is InChI=1S/C17H19N3O3/c21-16-18-11-17(23-16)7-4-8-20(12-17)9-14-10-22-15(19-14)13-5-2-1-3-6-13/h1-3,5-6,10H,4,7-9,11-12H2,(H,18,21)/t17-/m1/s1. The third-order valence-corrected chi connectivity index (χ3v) is 4.44. The summed E-state index contributed by atoms with van der Waals surface area (Å²) in [5.74, 6) is 0.640. The number of nitrogens with one attached hydrogen (secondary N) is 1. The van der Waals surface area contributed by atoms with Crippen LogP contribution in [0.25, 0.3) is 11.5 Å². The van der Waals surface area contributed by atoms with Gasteiger partial charge in [-0.05, 0) is 31.5 Å². The molecule has 0 saturated carbocycles. The van der Waals surface area contributed by atoms with Crippen molar-refractivity contribution in [2.24, 2.45) is 0 Å². The molecule has 0 unspecified atom stereocenters. The molecule has 0 bridgehead atoms. The summed E-state index contributed by atoms with van der Waals surface area (Å²) in [6, 6.07) is 9.87. The molecule has 0 aliphatic carbocycles. The van der Waals surface area contributed by atoms with Gasteiger partial charge in [0.25, 0.3) is 0 Å². The number of hydrogen-bond acceptors (Lipinski definition) is 5. The van der Waals surface area contributed by atoms with Gasteiger partial charge in [-0.15, -0.1) is 0 Å². The van der Waals surface area contributed by atoms with Crippen molar-refractivity contribution in [3.05, 3.63) is 42.3 Å².